The Morgan fingerprint density at radius 1 is 0.963 bits per heavy atom. The van der Waals surface area contributed by atoms with E-state index in [-0.39, 0.29) is 17.5 Å². The quantitative estimate of drug-likeness (QED) is 0.644. The summed E-state index contributed by atoms with van der Waals surface area (Å²) in [5, 5.41) is 3.24. The SMILES string of the molecule is CC(C)NS(=O)(=O)Cc1ccccc1CNCc1ccc(OC(F)F)cc1. The molecule has 2 aromatic rings. The van der Waals surface area contributed by atoms with Gasteiger partial charge in [-0.05, 0) is 42.7 Å². The number of hydrogen-bond donors (Lipinski definition) is 2. The van der Waals surface area contributed by atoms with E-state index in [0.29, 0.717) is 13.1 Å². The van der Waals surface area contributed by atoms with Crippen LogP contribution in [0.5, 0.6) is 5.75 Å². The fourth-order valence-electron chi connectivity index (χ4n) is 2.61. The summed E-state index contributed by atoms with van der Waals surface area (Å²) >= 11 is 0. The van der Waals surface area contributed by atoms with E-state index in [0.717, 1.165) is 16.7 Å². The van der Waals surface area contributed by atoms with Crippen LogP contribution >= 0.6 is 0 Å². The lowest BCUT2D eigenvalue weighted by molar-refractivity contribution is -0.0498. The van der Waals surface area contributed by atoms with Gasteiger partial charge < -0.3 is 10.1 Å². The Morgan fingerprint density at radius 2 is 1.59 bits per heavy atom. The van der Waals surface area contributed by atoms with Crippen molar-refractivity contribution in [1.29, 1.82) is 0 Å². The molecule has 8 heteroatoms. The first-order valence-electron chi connectivity index (χ1n) is 8.56. The predicted molar refractivity (Wildman–Crippen MR) is 101 cm³/mol. The molecular weight excluding hydrogens is 374 g/mol. The summed E-state index contributed by atoms with van der Waals surface area (Å²) < 4.78 is 55.5. The van der Waals surface area contributed by atoms with Gasteiger partial charge in [0, 0.05) is 19.1 Å². The smallest absolute Gasteiger partial charge is 0.387 e. The predicted octanol–water partition coefficient (Wildman–Crippen LogP) is 3.41. The molecule has 0 heterocycles. The second-order valence-corrected chi connectivity index (χ2v) is 8.18. The molecule has 0 fully saturated rings. The molecule has 0 saturated carbocycles. The molecule has 0 aromatic heterocycles. The van der Waals surface area contributed by atoms with Crippen LogP contribution in [-0.2, 0) is 28.9 Å². The monoisotopic (exact) mass is 398 g/mol. The maximum Gasteiger partial charge on any atom is 0.387 e. The average Bonchev–Trinajstić information content (AvgIpc) is 2.56. The zero-order valence-corrected chi connectivity index (χ0v) is 16.1. The molecule has 0 aliphatic heterocycles. The van der Waals surface area contributed by atoms with Crippen molar-refractivity contribution in [3.05, 3.63) is 65.2 Å². The van der Waals surface area contributed by atoms with Crippen LogP contribution in [0.4, 0.5) is 8.78 Å². The van der Waals surface area contributed by atoms with Crippen LogP contribution in [0.25, 0.3) is 0 Å². The Hall–Kier alpha value is -2.03. The summed E-state index contributed by atoms with van der Waals surface area (Å²) in [4.78, 5) is 0. The molecule has 0 amide bonds. The minimum atomic E-state index is -3.40. The van der Waals surface area contributed by atoms with E-state index in [1.54, 1.807) is 32.0 Å². The molecular formula is C19H24F2N2O3S. The van der Waals surface area contributed by atoms with E-state index >= 15 is 0 Å². The van der Waals surface area contributed by atoms with Crippen molar-refractivity contribution in [3.8, 4) is 5.75 Å². The fraction of sp³-hybridized carbons (Fsp3) is 0.368. The van der Waals surface area contributed by atoms with Crippen LogP contribution in [0, 0.1) is 0 Å². The van der Waals surface area contributed by atoms with Crippen LogP contribution in [0.15, 0.2) is 48.5 Å². The van der Waals surface area contributed by atoms with E-state index in [4.69, 9.17) is 0 Å². The first-order chi connectivity index (χ1) is 12.7. The topological polar surface area (TPSA) is 67.4 Å². The van der Waals surface area contributed by atoms with Crippen molar-refractivity contribution >= 4 is 10.0 Å². The minimum Gasteiger partial charge on any atom is -0.435 e. The summed E-state index contributed by atoms with van der Waals surface area (Å²) in [5.74, 6) is 0.0323. The summed E-state index contributed by atoms with van der Waals surface area (Å²) in [5.41, 5.74) is 2.53. The Kier molecular flexibility index (Phi) is 7.70. The van der Waals surface area contributed by atoms with Gasteiger partial charge in [-0.1, -0.05) is 36.4 Å². The minimum absolute atomic E-state index is 0.0807. The summed E-state index contributed by atoms with van der Waals surface area (Å²) in [6, 6.07) is 13.6. The van der Waals surface area contributed by atoms with Crippen molar-refractivity contribution in [2.45, 2.75) is 45.3 Å². The Labute approximate surface area is 158 Å². The van der Waals surface area contributed by atoms with E-state index in [1.165, 1.54) is 12.1 Å². The molecule has 0 aliphatic rings. The van der Waals surface area contributed by atoms with Crippen molar-refractivity contribution in [1.82, 2.24) is 10.0 Å². The van der Waals surface area contributed by atoms with Crippen LogP contribution in [0.2, 0.25) is 0 Å². The lowest BCUT2D eigenvalue weighted by Gasteiger charge is -2.13. The first-order valence-corrected chi connectivity index (χ1v) is 10.2. The van der Waals surface area contributed by atoms with Gasteiger partial charge in [-0.25, -0.2) is 13.1 Å². The fourth-order valence-corrected chi connectivity index (χ4v) is 4.10. The van der Waals surface area contributed by atoms with Crippen molar-refractivity contribution < 1.29 is 21.9 Å². The standard InChI is InChI=1S/C19H24F2N2O3S/c1-14(2)23-27(24,25)13-17-6-4-3-5-16(17)12-22-11-15-7-9-18(10-8-15)26-19(20)21/h3-10,14,19,22-23H,11-13H2,1-2H3. The third-order valence-electron chi connectivity index (χ3n) is 3.67. The lowest BCUT2D eigenvalue weighted by Crippen LogP contribution is -2.31. The zero-order chi connectivity index (χ0) is 19.9. The number of nitrogens with one attached hydrogen (secondary N) is 2. The number of halogens is 2. The van der Waals surface area contributed by atoms with Gasteiger partial charge in [0.1, 0.15) is 5.75 Å². The highest BCUT2D eigenvalue weighted by atomic mass is 32.2. The molecule has 0 spiro atoms. The molecule has 2 aromatic carbocycles. The Bertz CT molecular complexity index is 825. The molecule has 148 valence electrons. The lowest BCUT2D eigenvalue weighted by atomic mass is 10.1. The second-order valence-electron chi connectivity index (χ2n) is 6.43. The van der Waals surface area contributed by atoms with Gasteiger partial charge in [0.25, 0.3) is 0 Å². The molecule has 0 aliphatic carbocycles. The molecule has 27 heavy (non-hydrogen) atoms. The molecule has 0 unspecified atom stereocenters. The maximum atomic E-state index is 12.2. The van der Waals surface area contributed by atoms with Gasteiger partial charge in [0.15, 0.2) is 0 Å². The normalized spacial score (nSPS) is 11.9. The van der Waals surface area contributed by atoms with E-state index in [9.17, 15) is 17.2 Å². The number of hydrogen-bond acceptors (Lipinski definition) is 4. The van der Waals surface area contributed by atoms with Gasteiger partial charge in [-0.15, -0.1) is 0 Å². The average molecular weight is 398 g/mol. The zero-order valence-electron chi connectivity index (χ0n) is 15.3. The molecule has 0 bridgehead atoms. The second kappa shape index (κ2) is 9.77. The summed E-state index contributed by atoms with van der Waals surface area (Å²) in [6.45, 7) is 1.72. The van der Waals surface area contributed by atoms with Gasteiger partial charge in [0.2, 0.25) is 10.0 Å². The summed E-state index contributed by atoms with van der Waals surface area (Å²) in [6.07, 6.45) is 0. The van der Waals surface area contributed by atoms with E-state index in [1.807, 2.05) is 18.2 Å². The van der Waals surface area contributed by atoms with Crippen LogP contribution < -0.4 is 14.8 Å². The van der Waals surface area contributed by atoms with E-state index in [2.05, 4.69) is 14.8 Å². The Morgan fingerprint density at radius 3 is 2.19 bits per heavy atom. The van der Waals surface area contributed by atoms with Crippen LogP contribution in [0.1, 0.15) is 30.5 Å². The van der Waals surface area contributed by atoms with Crippen molar-refractivity contribution in [3.63, 3.8) is 0 Å². The van der Waals surface area contributed by atoms with Crippen molar-refractivity contribution in [2.75, 3.05) is 0 Å². The van der Waals surface area contributed by atoms with Crippen molar-refractivity contribution in [2.24, 2.45) is 0 Å². The van der Waals surface area contributed by atoms with Gasteiger partial charge in [-0.3, -0.25) is 0 Å². The molecule has 0 saturated heterocycles. The highest BCUT2D eigenvalue weighted by Crippen LogP contribution is 2.16. The summed E-state index contributed by atoms with van der Waals surface area (Å²) in [7, 11) is -3.40. The van der Waals surface area contributed by atoms with E-state index < -0.39 is 16.6 Å². The number of rotatable bonds is 10. The molecule has 5 nitrogen and oxygen atoms in total. The van der Waals surface area contributed by atoms with Gasteiger partial charge in [-0.2, -0.15) is 8.78 Å². The highest BCUT2D eigenvalue weighted by Gasteiger charge is 2.15. The molecule has 0 atom stereocenters. The van der Waals surface area contributed by atoms with Crippen LogP contribution in [0.3, 0.4) is 0 Å². The van der Waals surface area contributed by atoms with Crippen LogP contribution in [-0.4, -0.2) is 21.1 Å². The maximum absolute atomic E-state index is 12.2. The number of ether oxygens (including phenoxy) is 1. The highest BCUT2D eigenvalue weighted by molar-refractivity contribution is 7.88. The third kappa shape index (κ3) is 7.62. The largest absolute Gasteiger partial charge is 0.435 e. The van der Waals surface area contributed by atoms with Gasteiger partial charge in [0.05, 0.1) is 5.75 Å². The Balaban J connectivity index is 1.94. The third-order valence-corrected chi connectivity index (χ3v) is 5.19. The number of sulfonamides is 1. The molecule has 2 rings (SSSR count). The first kappa shape index (κ1) is 21.3. The number of alkyl halides is 2. The van der Waals surface area contributed by atoms with Gasteiger partial charge >= 0.3 is 6.61 Å². The molecule has 0 radical (unpaired) electrons. The number of benzene rings is 2. The molecule has 2 N–H and O–H groups in total.